The highest BCUT2D eigenvalue weighted by Crippen LogP contribution is 2.23. The molecule has 27 heavy (non-hydrogen) atoms. The average Bonchev–Trinajstić information content (AvgIpc) is 2.68. The number of carbonyl (C=O) groups excluding carboxylic acids is 1. The molecule has 0 aliphatic heterocycles. The minimum Gasteiger partial charge on any atom is -0.494 e. The molecule has 2 aromatic carbocycles. The summed E-state index contributed by atoms with van der Waals surface area (Å²) in [5, 5.41) is 4.02. The van der Waals surface area contributed by atoms with E-state index in [0.717, 1.165) is 28.6 Å². The Kier molecular flexibility index (Phi) is 8.58. The van der Waals surface area contributed by atoms with E-state index in [0.29, 0.717) is 24.5 Å². The van der Waals surface area contributed by atoms with Crippen molar-refractivity contribution in [1.82, 2.24) is 5.43 Å². The number of hydrazone groups is 1. The summed E-state index contributed by atoms with van der Waals surface area (Å²) in [5.74, 6) is 0.938. The third kappa shape index (κ3) is 6.90. The Hall–Kier alpha value is -2.60. The van der Waals surface area contributed by atoms with Crippen molar-refractivity contribution in [3.8, 4) is 11.5 Å². The van der Waals surface area contributed by atoms with Gasteiger partial charge in [-0.3, -0.25) is 4.79 Å². The molecule has 0 atom stereocenters. The van der Waals surface area contributed by atoms with Crippen LogP contribution in [0.2, 0.25) is 0 Å². The summed E-state index contributed by atoms with van der Waals surface area (Å²) in [4.78, 5) is 12.4. The Balaban J connectivity index is 1.96. The van der Waals surface area contributed by atoms with Crippen LogP contribution >= 0.6 is 15.9 Å². The average molecular weight is 431 g/mol. The van der Waals surface area contributed by atoms with E-state index in [9.17, 15) is 4.79 Å². The second-order valence-electron chi connectivity index (χ2n) is 5.71. The van der Waals surface area contributed by atoms with Crippen LogP contribution in [0.15, 0.2) is 64.7 Å². The van der Waals surface area contributed by atoms with Gasteiger partial charge in [-0.2, -0.15) is 5.10 Å². The van der Waals surface area contributed by atoms with Crippen molar-refractivity contribution in [3.05, 3.63) is 70.7 Å². The molecule has 0 heterocycles. The van der Waals surface area contributed by atoms with E-state index in [1.54, 1.807) is 24.4 Å². The molecule has 2 aromatic rings. The van der Waals surface area contributed by atoms with Crippen molar-refractivity contribution in [3.63, 3.8) is 0 Å². The van der Waals surface area contributed by atoms with Crippen molar-refractivity contribution in [2.45, 2.75) is 19.8 Å². The summed E-state index contributed by atoms with van der Waals surface area (Å²) in [6, 6.07) is 12.8. The van der Waals surface area contributed by atoms with Crippen molar-refractivity contribution in [2.24, 2.45) is 5.10 Å². The molecule has 0 aromatic heterocycles. The summed E-state index contributed by atoms with van der Waals surface area (Å²) in [7, 11) is 0. The highest BCUT2D eigenvalue weighted by atomic mass is 79.9. The van der Waals surface area contributed by atoms with Crippen LogP contribution in [-0.2, 0) is 0 Å². The molecule has 0 spiro atoms. The molecule has 0 saturated heterocycles. The van der Waals surface area contributed by atoms with Crippen molar-refractivity contribution >= 4 is 28.1 Å². The zero-order valence-corrected chi connectivity index (χ0v) is 16.9. The minimum atomic E-state index is -0.355. The predicted molar refractivity (Wildman–Crippen MR) is 112 cm³/mol. The fourth-order valence-corrected chi connectivity index (χ4v) is 2.53. The first-order valence-electron chi connectivity index (χ1n) is 8.73. The van der Waals surface area contributed by atoms with Crippen molar-refractivity contribution in [2.75, 3.05) is 13.2 Å². The van der Waals surface area contributed by atoms with E-state index < -0.39 is 0 Å². The van der Waals surface area contributed by atoms with Crippen LogP contribution in [0.5, 0.6) is 11.5 Å². The van der Waals surface area contributed by atoms with Gasteiger partial charge in [-0.15, -0.1) is 0 Å². The molecule has 0 aliphatic carbocycles. The SMILES string of the molecule is C=CCOc1ccc(Br)cc1C(=O)N/N=C/c1ccc(OCCCC)cc1. The lowest BCUT2D eigenvalue weighted by Gasteiger charge is -2.09. The quantitative estimate of drug-likeness (QED) is 0.251. The molecule has 1 N–H and O–H groups in total. The van der Waals surface area contributed by atoms with E-state index in [4.69, 9.17) is 9.47 Å². The van der Waals surface area contributed by atoms with Crippen LogP contribution in [0.4, 0.5) is 0 Å². The molecule has 0 unspecified atom stereocenters. The lowest BCUT2D eigenvalue weighted by Crippen LogP contribution is -2.19. The summed E-state index contributed by atoms with van der Waals surface area (Å²) >= 11 is 3.36. The third-order valence-electron chi connectivity index (χ3n) is 3.57. The van der Waals surface area contributed by atoms with E-state index >= 15 is 0 Å². The lowest BCUT2D eigenvalue weighted by atomic mass is 10.2. The number of carbonyl (C=O) groups is 1. The third-order valence-corrected chi connectivity index (χ3v) is 4.06. The Morgan fingerprint density at radius 2 is 2.00 bits per heavy atom. The number of hydrogen-bond donors (Lipinski definition) is 1. The molecule has 0 aliphatic rings. The number of ether oxygens (including phenoxy) is 2. The molecular weight excluding hydrogens is 408 g/mol. The largest absolute Gasteiger partial charge is 0.494 e. The van der Waals surface area contributed by atoms with Crippen LogP contribution in [0.1, 0.15) is 35.7 Å². The highest BCUT2D eigenvalue weighted by Gasteiger charge is 2.12. The van der Waals surface area contributed by atoms with Gasteiger partial charge in [0.05, 0.1) is 18.4 Å². The fourth-order valence-electron chi connectivity index (χ4n) is 2.16. The number of benzene rings is 2. The van der Waals surface area contributed by atoms with Gasteiger partial charge in [0.25, 0.3) is 5.91 Å². The standard InChI is InChI=1S/C21H23BrN2O3/c1-3-5-13-26-18-9-6-16(7-10-18)15-23-24-21(25)19-14-17(22)8-11-20(19)27-12-4-2/h4,6-11,14-15H,2-3,5,12-13H2,1H3,(H,24,25)/b23-15+. The first-order chi connectivity index (χ1) is 13.1. The first kappa shape index (κ1) is 20.7. The Labute approximate surface area is 168 Å². The normalized spacial score (nSPS) is 10.6. The minimum absolute atomic E-state index is 0.317. The smallest absolute Gasteiger partial charge is 0.275 e. The van der Waals surface area contributed by atoms with Crippen LogP contribution in [0.3, 0.4) is 0 Å². The number of halogens is 1. The molecule has 5 nitrogen and oxygen atoms in total. The number of nitrogens with zero attached hydrogens (tertiary/aromatic N) is 1. The zero-order valence-electron chi connectivity index (χ0n) is 15.3. The van der Waals surface area contributed by atoms with Gasteiger partial charge in [0.1, 0.15) is 18.1 Å². The van der Waals surface area contributed by atoms with E-state index in [2.05, 4.69) is 40.0 Å². The molecule has 0 radical (unpaired) electrons. The second-order valence-corrected chi connectivity index (χ2v) is 6.63. The predicted octanol–water partition coefficient (Wildman–Crippen LogP) is 4.96. The van der Waals surface area contributed by atoms with Gasteiger partial charge in [-0.25, -0.2) is 5.43 Å². The van der Waals surface area contributed by atoms with E-state index in [-0.39, 0.29) is 5.91 Å². The number of rotatable bonds is 10. The maximum absolute atomic E-state index is 12.4. The lowest BCUT2D eigenvalue weighted by molar-refractivity contribution is 0.0951. The maximum atomic E-state index is 12.4. The summed E-state index contributed by atoms with van der Waals surface area (Å²) in [5.41, 5.74) is 3.77. The Morgan fingerprint density at radius 1 is 1.22 bits per heavy atom. The number of hydrogen-bond acceptors (Lipinski definition) is 4. The molecule has 1 amide bonds. The van der Waals surface area contributed by atoms with Crippen LogP contribution < -0.4 is 14.9 Å². The molecule has 0 bridgehead atoms. The Morgan fingerprint density at radius 3 is 2.70 bits per heavy atom. The van der Waals surface area contributed by atoms with Gasteiger partial charge < -0.3 is 9.47 Å². The number of unbranched alkanes of at least 4 members (excludes halogenated alkanes) is 1. The Bertz CT molecular complexity index is 789. The molecule has 6 heteroatoms. The summed E-state index contributed by atoms with van der Waals surface area (Å²) < 4.78 is 11.9. The number of amides is 1. The van der Waals surface area contributed by atoms with Crippen molar-refractivity contribution < 1.29 is 14.3 Å². The fraction of sp³-hybridized carbons (Fsp3) is 0.238. The zero-order chi connectivity index (χ0) is 19.5. The molecular formula is C21H23BrN2O3. The van der Waals surface area contributed by atoms with Gasteiger partial charge in [-0.1, -0.05) is 41.9 Å². The summed E-state index contributed by atoms with van der Waals surface area (Å²) in [6.45, 7) is 6.76. The van der Waals surface area contributed by atoms with Gasteiger partial charge in [-0.05, 0) is 54.4 Å². The highest BCUT2D eigenvalue weighted by molar-refractivity contribution is 9.10. The molecule has 2 rings (SSSR count). The summed E-state index contributed by atoms with van der Waals surface area (Å²) in [6.07, 6.45) is 5.33. The van der Waals surface area contributed by atoms with E-state index in [1.165, 1.54) is 0 Å². The molecule has 0 fully saturated rings. The maximum Gasteiger partial charge on any atom is 0.275 e. The molecule has 142 valence electrons. The van der Waals surface area contributed by atoms with Gasteiger partial charge in [0, 0.05) is 4.47 Å². The van der Waals surface area contributed by atoms with Gasteiger partial charge >= 0.3 is 0 Å². The monoisotopic (exact) mass is 430 g/mol. The van der Waals surface area contributed by atoms with Crippen LogP contribution in [-0.4, -0.2) is 25.3 Å². The van der Waals surface area contributed by atoms with Crippen LogP contribution in [0, 0.1) is 0 Å². The van der Waals surface area contributed by atoms with Crippen molar-refractivity contribution in [1.29, 1.82) is 0 Å². The number of nitrogens with one attached hydrogen (secondary N) is 1. The first-order valence-corrected chi connectivity index (χ1v) is 9.53. The van der Waals surface area contributed by atoms with Crippen LogP contribution in [0.25, 0.3) is 0 Å². The topological polar surface area (TPSA) is 59.9 Å². The van der Waals surface area contributed by atoms with Gasteiger partial charge in [0.15, 0.2) is 0 Å². The van der Waals surface area contributed by atoms with Gasteiger partial charge in [0.2, 0.25) is 0 Å². The molecule has 0 saturated carbocycles. The second kappa shape index (κ2) is 11.2. The van der Waals surface area contributed by atoms with E-state index in [1.807, 2.05) is 30.3 Å².